The Hall–Kier alpha value is -3.36. The molecule has 0 bridgehead atoms. The van der Waals surface area contributed by atoms with Crippen molar-refractivity contribution in [2.75, 3.05) is 10.7 Å². The second-order valence-corrected chi connectivity index (χ2v) is 9.20. The summed E-state index contributed by atoms with van der Waals surface area (Å²) in [5, 5.41) is 12.1. The van der Waals surface area contributed by atoms with Crippen molar-refractivity contribution in [1.29, 1.82) is 0 Å². The summed E-state index contributed by atoms with van der Waals surface area (Å²) in [5.74, 6) is 0.0742. The maximum Gasteiger partial charge on any atom is 0.240 e. The molecule has 0 saturated carbocycles. The van der Waals surface area contributed by atoms with Gasteiger partial charge in [-0.15, -0.1) is 10.2 Å². The first-order valence-electron chi connectivity index (χ1n) is 10.3. The van der Waals surface area contributed by atoms with Gasteiger partial charge in [-0.1, -0.05) is 71.9 Å². The molecule has 1 amide bonds. The number of fused-ring (bicyclic) bond motifs is 1. The van der Waals surface area contributed by atoms with Gasteiger partial charge in [-0.3, -0.25) is 4.79 Å². The van der Waals surface area contributed by atoms with Crippen LogP contribution in [-0.4, -0.2) is 26.0 Å². The Labute approximate surface area is 199 Å². The van der Waals surface area contributed by atoms with E-state index in [1.165, 1.54) is 23.9 Å². The van der Waals surface area contributed by atoms with Gasteiger partial charge in [-0.25, -0.2) is 9.07 Å². The van der Waals surface area contributed by atoms with E-state index in [9.17, 15) is 9.18 Å². The number of nitrogens with one attached hydrogen (secondary N) is 2. The average molecular weight is 480 g/mol. The molecule has 2 atom stereocenters. The molecule has 5 rings (SSSR count). The first kappa shape index (κ1) is 21.5. The number of rotatable bonds is 4. The molecule has 0 saturated heterocycles. The molecule has 1 aliphatic heterocycles. The van der Waals surface area contributed by atoms with Crippen LogP contribution in [0.5, 0.6) is 0 Å². The number of hydrogen-bond acceptors (Lipinski definition) is 5. The molecule has 9 heteroatoms. The van der Waals surface area contributed by atoms with Crippen molar-refractivity contribution in [2.24, 2.45) is 0 Å². The molecule has 6 nitrogen and oxygen atoms in total. The molecule has 0 radical (unpaired) electrons. The minimum atomic E-state index is -0.589. The van der Waals surface area contributed by atoms with Crippen molar-refractivity contribution in [3.05, 3.63) is 94.8 Å². The van der Waals surface area contributed by atoms with Crippen LogP contribution in [0.1, 0.15) is 17.2 Å². The molecule has 33 heavy (non-hydrogen) atoms. The Morgan fingerprint density at radius 2 is 1.85 bits per heavy atom. The van der Waals surface area contributed by atoms with Crippen molar-refractivity contribution in [3.8, 4) is 11.4 Å². The normalized spacial score (nSPS) is 17.2. The van der Waals surface area contributed by atoms with E-state index in [1.54, 1.807) is 28.9 Å². The zero-order valence-corrected chi connectivity index (χ0v) is 19.1. The minimum absolute atomic E-state index is 0.220. The van der Waals surface area contributed by atoms with Gasteiger partial charge in [0.25, 0.3) is 0 Å². The SMILES string of the molecule is Cc1ccc(Cl)cc1NC(=O)[C@@H]1Sc2nnc(-c3ccccc3)n2N[C@H]1c1ccc(F)cc1. The van der Waals surface area contributed by atoms with Crippen LogP contribution >= 0.6 is 23.4 Å². The number of hydrogen-bond donors (Lipinski definition) is 2. The summed E-state index contributed by atoms with van der Waals surface area (Å²) in [6.07, 6.45) is 0. The Kier molecular flexibility index (Phi) is 5.78. The van der Waals surface area contributed by atoms with Gasteiger partial charge in [0.1, 0.15) is 11.1 Å². The summed E-state index contributed by atoms with van der Waals surface area (Å²) in [5.41, 5.74) is 6.58. The number of amides is 1. The fourth-order valence-electron chi connectivity index (χ4n) is 3.68. The summed E-state index contributed by atoms with van der Waals surface area (Å²) in [6.45, 7) is 1.90. The topological polar surface area (TPSA) is 71.8 Å². The second kappa shape index (κ2) is 8.88. The molecular formula is C24H19ClFN5OS. The summed E-state index contributed by atoms with van der Waals surface area (Å²) < 4.78 is 15.4. The number of carbonyl (C=O) groups excluding carboxylic acids is 1. The predicted octanol–water partition coefficient (Wildman–Crippen LogP) is 5.44. The fourth-order valence-corrected chi connectivity index (χ4v) is 4.93. The Morgan fingerprint density at radius 3 is 2.61 bits per heavy atom. The van der Waals surface area contributed by atoms with Crippen LogP contribution in [0.3, 0.4) is 0 Å². The summed E-state index contributed by atoms with van der Waals surface area (Å²) >= 11 is 7.43. The largest absolute Gasteiger partial charge is 0.325 e. The summed E-state index contributed by atoms with van der Waals surface area (Å²) in [7, 11) is 0. The van der Waals surface area contributed by atoms with E-state index in [1.807, 2.05) is 43.3 Å². The quantitative estimate of drug-likeness (QED) is 0.407. The molecule has 1 aliphatic rings. The lowest BCUT2D eigenvalue weighted by Gasteiger charge is -2.33. The number of nitrogens with zero attached hydrogens (tertiary/aromatic N) is 3. The smallest absolute Gasteiger partial charge is 0.240 e. The highest BCUT2D eigenvalue weighted by molar-refractivity contribution is 8.00. The lowest BCUT2D eigenvalue weighted by atomic mass is 10.0. The van der Waals surface area contributed by atoms with Gasteiger partial charge in [-0.2, -0.15) is 0 Å². The van der Waals surface area contributed by atoms with E-state index in [0.29, 0.717) is 21.7 Å². The minimum Gasteiger partial charge on any atom is -0.325 e. The van der Waals surface area contributed by atoms with Gasteiger partial charge in [0, 0.05) is 16.3 Å². The first-order chi connectivity index (χ1) is 16.0. The Balaban J connectivity index is 1.52. The monoisotopic (exact) mass is 479 g/mol. The number of benzene rings is 3. The van der Waals surface area contributed by atoms with Gasteiger partial charge < -0.3 is 10.7 Å². The molecule has 0 unspecified atom stereocenters. The van der Waals surface area contributed by atoms with E-state index < -0.39 is 11.3 Å². The molecule has 0 spiro atoms. The molecule has 4 aromatic rings. The molecule has 2 heterocycles. The molecule has 2 N–H and O–H groups in total. The third-order valence-electron chi connectivity index (χ3n) is 5.41. The predicted molar refractivity (Wildman–Crippen MR) is 128 cm³/mol. The maximum absolute atomic E-state index is 13.6. The summed E-state index contributed by atoms with van der Waals surface area (Å²) in [4.78, 5) is 13.4. The number of aryl methyl sites for hydroxylation is 1. The van der Waals surface area contributed by atoms with Crippen LogP contribution in [0.4, 0.5) is 10.1 Å². The third kappa shape index (κ3) is 4.31. The molecule has 0 fully saturated rings. The van der Waals surface area contributed by atoms with Crippen molar-refractivity contribution >= 4 is 35.0 Å². The van der Waals surface area contributed by atoms with Crippen LogP contribution in [-0.2, 0) is 4.79 Å². The maximum atomic E-state index is 13.6. The lowest BCUT2D eigenvalue weighted by molar-refractivity contribution is -0.116. The highest BCUT2D eigenvalue weighted by Crippen LogP contribution is 2.39. The van der Waals surface area contributed by atoms with Crippen molar-refractivity contribution < 1.29 is 9.18 Å². The molecular weight excluding hydrogens is 461 g/mol. The molecule has 3 aromatic carbocycles. The van der Waals surface area contributed by atoms with Gasteiger partial charge in [0.2, 0.25) is 11.1 Å². The lowest BCUT2D eigenvalue weighted by Crippen LogP contribution is -2.41. The van der Waals surface area contributed by atoms with Gasteiger partial charge in [-0.05, 0) is 42.3 Å². The molecule has 166 valence electrons. The van der Waals surface area contributed by atoms with E-state index in [0.717, 1.165) is 16.7 Å². The van der Waals surface area contributed by atoms with Crippen molar-refractivity contribution in [3.63, 3.8) is 0 Å². The van der Waals surface area contributed by atoms with E-state index >= 15 is 0 Å². The Bertz CT molecular complexity index is 1310. The number of aromatic nitrogens is 3. The van der Waals surface area contributed by atoms with Gasteiger partial charge >= 0.3 is 0 Å². The zero-order chi connectivity index (χ0) is 22.9. The van der Waals surface area contributed by atoms with E-state index in [2.05, 4.69) is 20.9 Å². The average Bonchev–Trinajstić information content (AvgIpc) is 3.25. The zero-order valence-electron chi connectivity index (χ0n) is 17.5. The Morgan fingerprint density at radius 1 is 1.09 bits per heavy atom. The van der Waals surface area contributed by atoms with Gasteiger partial charge in [0.05, 0.1) is 6.04 Å². The van der Waals surface area contributed by atoms with E-state index in [4.69, 9.17) is 11.6 Å². The molecule has 1 aromatic heterocycles. The van der Waals surface area contributed by atoms with Crippen LogP contribution in [0, 0.1) is 12.7 Å². The number of halogens is 2. The molecule has 0 aliphatic carbocycles. The standard InChI is InChI=1S/C24H19ClFN5OS/c1-14-7-10-17(25)13-19(14)27-23(32)21-20(15-8-11-18(26)12-9-15)30-31-22(28-29-24(31)33-21)16-5-3-2-4-6-16/h2-13,20-21,30H,1H3,(H,27,32)/t20-,21+/m0/s1. The van der Waals surface area contributed by atoms with Crippen LogP contribution in [0.15, 0.2) is 78.0 Å². The van der Waals surface area contributed by atoms with Crippen LogP contribution in [0.25, 0.3) is 11.4 Å². The van der Waals surface area contributed by atoms with E-state index in [-0.39, 0.29) is 11.7 Å². The highest BCUT2D eigenvalue weighted by atomic mass is 35.5. The summed E-state index contributed by atoms with van der Waals surface area (Å²) in [6, 6.07) is 20.7. The fraction of sp³-hybridized carbons (Fsp3) is 0.125. The highest BCUT2D eigenvalue weighted by Gasteiger charge is 2.38. The van der Waals surface area contributed by atoms with Crippen LogP contribution in [0.2, 0.25) is 5.02 Å². The second-order valence-electron chi connectivity index (χ2n) is 7.65. The first-order valence-corrected chi connectivity index (χ1v) is 11.5. The van der Waals surface area contributed by atoms with Crippen LogP contribution < -0.4 is 10.7 Å². The van der Waals surface area contributed by atoms with Gasteiger partial charge in [0.15, 0.2) is 5.82 Å². The number of thioether (sulfide) groups is 1. The number of anilines is 1. The third-order valence-corrected chi connectivity index (χ3v) is 6.86. The number of carbonyl (C=O) groups is 1. The van der Waals surface area contributed by atoms with Crippen molar-refractivity contribution in [1.82, 2.24) is 14.9 Å². The van der Waals surface area contributed by atoms with Crippen molar-refractivity contribution in [2.45, 2.75) is 23.4 Å².